The fraction of sp³-hybridized carbons (Fsp3) is 0.263. The molecule has 1 amide bonds. The molecule has 1 aromatic carbocycles. The van der Waals surface area contributed by atoms with Gasteiger partial charge in [-0.2, -0.15) is 5.26 Å². The van der Waals surface area contributed by atoms with Gasteiger partial charge >= 0.3 is 0 Å². The Morgan fingerprint density at radius 3 is 2.89 bits per heavy atom. The quantitative estimate of drug-likeness (QED) is 0.750. The van der Waals surface area contributed by atoms with Crippen LogP contribution < -0.4 is 20.5 Å². The summed E-state index contributed by atoms with van der Waals surface area (Å²) < 4.78 is 5.52. The molecule has 2 aromatic rings. The Kier molecular flexibility index (Phi) is 3.85. The van der Waals surface area contributed by atoms with Gasteiger partial charge in [0.05, 0.1) is 18.1 Å². The summed E-state index contributed by atoms with van der Waals surface area (Å²) in [6, 6.07) is 8.73. The van der Waals surface area contributed by atoms with Gasteiger partial charge in [-0.25, -0.2) is 0 Å². The summed E-state index contributed by atoms with van der Waals surface area (Å²) in [4.78, 5) is 26.1. The van der Waals surface area contributed by atoms with Crippen molar-refractivity contribution in [2.24, 2.45) is 5.73 Å². The van der Waals surface area contributed by atoms with Gasteiger partial charge in [0.2, 0.25) is 17.7 Å². The second kappa shape index (κ2) is 6.13. The lowest BCUT2D eigenvalue weighted by Gasteiger charge is -2.32. The van der Waals surface area contributed by atoms with Gasteiger partial charge in [-0.1, -0.05) is 31.5 Å². The maximum atomic E-state index is 13.7. The van der Waals surface area contributed by atoms with Crippen LogP contribution in [0.3, 0.4) is 0 Å². The smallest absolute Gasteiger partial charge is 0.248 e. The number of anilines is 1. The van der Waals surface area contributed by atoms with E-state index in [4.69, 9.17) is 10.5 Å². The first-order valence-electron chi connectivity index (χ1n) is 8.74. The van der Waals surface area contributed by atoms with Gasteiger partial charge in [0.15, 0.2) is 0 Å². The minimum atomic E-state index is -1.62. The monoisotopic (exact) mass is 378 g/mol. The second-order valence-corrected chi connectivity index (χ2v) is 6.62. The molecule has 28 heavy (non-hydrogen) atoms. The number of hydrogen-bond donors (Lipinski definition) is 2. The number of rotatable bonds is 4. The number of H-pyrrole nitrogens is 1. The van der Waals surface area contributed by atoms with Crippen LogP contribution in [0.15, 0.2) is 35.7 Å². The van der Waals surface area contributed by atoms with Crippen LogP contribution in [-0.4, -0.2) is 28.6 Å². The number of carboxylic acid groups (broad SMARTS) is 1. The fourth-order valence-corrected chi connectivity index (χ4v) is 4.08. The number of benzene rings is 1. The van der Waals surface area contributed by atoms with E-state index < -0.39 is 23.8 Å². The van der Waals surface area contributed by atoms with Gasteiger partial charge in [0.1, 0.15) is 17.1 Å². The predicted molar refractivity (Wildman–Crippen MR) is 94.6 cm³/mol. The van der Waals surface area contributed by atoms with E-state index in [0.717, 1.165) is 11.3 Å². The van der Waals surface area contributed by atoms with Crippen molar-refractivity contribution in [2.75, 3.05) is 11.4 Å². The number of ether oxygens (including phenoxy) is 1. The molecule has 0 aliphatic carbocycles. The number of nitrogens with zero attached hydrogens (tertiary/aromatic N) is 3. The number of hydrogen-bond acceptors (Lipinski definition) is 7. The maximum absolute atomic E-state index is 13.7. The number of nitrogens with two attached hydrogens (primary N) is 1. The highest BCUT2D eigenvalue weighted by atomic mass is 16.5. The fourth-order valence-electron chi connectivity index (χ4n) is 4.08. The van der Waals surface area contributed by atoms with Gasteiger partial charge in [-0.15, -0.1) is 5.10 Å². The number of aliphatic carboxylic acids is 1. The summed E-state index contributed by atoms with van der Waals surface area (Å²) in [5, 5.41) is 28.2. The number of nitrogens with one attached hydrogen (secondary N) is 1. The lowest BCUT2D eigenvalue weighted by molar-refractivity contribution is -0.303. The molecule has 1 atom stereocenters. The van der Waals surface area contributed by atoms with Crippen LogP contribution in [0.1, 0.15) is 30.2 Å². The van der Waals surface area contributed by atoms with Crippen molar-refractivity contribution >= 4 is 17.6 Å². The molecule has 1 aromatic heterocycles. The minimum Gasteiger partial charge on any atom is -0.548 e. The summed E-state index contributed by atoms with van der Waals surface area (Å²) >= 11 is 0. The number of fused-ring (bicyclic) bond motifs is 4. The third-order valence-electron chi connectivity index (χ3n) is 5.07. The van der Waals surface area contributed by atoms with E-state index >= 15 is 0 Å². The van der Waals surface area contributed by atoms with Crippen molar-refractivity contribution in [3.05, 3.63) is 52.5 Å². The van der Waals surface area contributed by atoms with E-state index in [-0.39, 0.29) is 17.3 Å². The van der Waals surface area contributed by atoms with E-state index in [1.807, 2.05) is 13.0 Å². The zero-order chi connectivity index (χ0) is 20.1. The van der Waals surface area contributed by atoms with Gasteiger partial charge in [-0.05, 0) is 12.5 Å². The zero-order valence-electron chi connectivity index (χ0n) is 15.0. The lowest BCUT2D eigenvalue weighted by atomic mass is 9.68. The number of carbonyl (C=O) groups excluding carboxylic acids is 2. The number of para-hydroxylation sites is 1. The maximum Gasteiger partial charge on any atom is 0.248 e. The van der Waals surface area contributed by atoms with Crippen molar-refractivity contribution in [3.63, 3.8) is 0 Å². The van der Waals surface area contributed by atoms with Gasteiger partial charge in [0.25, 0.3) is 0 Å². The molecule has 1 spiro atoms. The topological polar surface area (TPSA) is 148 Å². The molecule has 0 fully saturated rings. The molecule has 0 saturated carbocycles. The Hall–Kier alpha value is -3.80. The molecule has 9 heteroatoms. The van der Waals surface area contributed by atoms with Crippen LogP contribution >= 0.6 is 0 Å². The normalized spacial score (nSPS) is 20.0. The largest absolute Gasteiger partial charge is 0.548 e. The van der Waals surface area contributed by atoms with Gasteiger partial charge in [0, 0.05) is 16.9 Å². The molecule has 2 aliphatic rings. The number of nitriles is 1. The zero-order valence-corrected chi connectivity index (χ0v) is 15.0. The number of aromatic amines is 1. The minimum absolute atomic E-state index is 0.0861. The molecular formula is C19H16N5O4-. The summed E-state index contributed by atoms with van der Waals surface area (Å²) in [5.74, 6) is -2.13. The van der Waals surface area contributed by atoms with Crippen molar-refractivity contribution < 1.29 is 19.4 Å². The highest BCUT2D eigenvalue weighted by Crippen LogP contribution is 2.55. The summed E-state index contributed by atoms with van der Waals surface area (Å²) in [5.41, 5.74) is 6.17. The summed E-state index contributed by atoms with van der Waals surface area (Å²) in [7, 11) is 0. The first-order valence-corrected chi connectivity index (χ1v) is 8.74. The second-order valence-electron chi connectivity index (χ2n) is 6.62. The number of amides is 1. The Morgan fingerprint density at radius 1 is 1.46 bits per heavy atom. The van der Waals surface area contributed by atoms with Crippen LogP contribution in [0, 0.1) is 11.3 Å². The van der Waals surface area contributed by atoms with E-state index in [1.54, 1.807) is 24.3 Å². The number of aromatic nitrogens is 2. The number of aryl methyl sites for hydroxylation is 1. The number of carboxylic acids is 1. The lowest BCUT2D eigenvalue weighted by Crippen LogP contribution is -2.48. The molecule has 0 bridgehead atoms. The van der Waals surface area contributed by atoms with Crippen molar-refractivity contribution in [3.8, 4) is 11.9 Å². The van der Waals surface area contributed by atoms with Gasteiger partial charge < -0.3 is 25.3 Å². The van der Waals surface area contributed by atoms with Crippen molar-refractivity contribution in [2.45, 2.75) is 25.2 Å². The SMILES string of the molecule is CCCc1[nH]nc2c1[C@]1(C(=O)N(CC(=O)[O-])c3ccccc31)C(C#N)=C(N)O2. The summed E-state index contributed by atoms with van der Waals surface area (Å²) in [6.07, 6.45) is 1.31. The van der Waals surface area contributed by atoms with Crippen LogP contribution in [0.25, 0.3) is 0 Å². The van der Waals surface area contributed by atoms with Crippen molar-refractivity contribution in [1.29, 1.82) is 5.26 Å². The molecule has 142 valence electrons. The molecule has 9 nitrogen and oxygen atoms in total. The van der Waals surface area contributed by atoms with Crippen LogP contribution in [-0.2, 0) is 21.4 Å². The molecule has 4 rings (SSSR count). The standard InChI is InChI=1S/C19H17N5O4/c1-2-5-12-15-17(23-22-12)28-16(21)11(8-20)19(15)10-6-3-4-7-13(10)24(18(19)27)9-14(25)26/h3-4,6-7H,2,5,9,21H2,1H3,(H,22,23)(H,25,26)/p-1/t19-/m1/s1. The molecule has 0 radical (unpaired) electrons. The van der Waals surface area contributed by atoms with Crippen LogP contribution in [0.5, 0.6) is 5.88 Å². The van der Waals surface area contributed by atoms with Crippen molar-refractivity contribution in [1.82, 2.24) is 10.2 Å². The van der Waals surface area contributed by atoms with Crippen LogP contribution in [0.4, 0.5) is 5.69 Å². The van der Waals surface area contributed by atoms with E-state index in [0.29, 0.717) is 28.9 Å². The highest BCUT2D eigenvalue weighted by Gasteiger charge is 2.60. The highest BCUT2D eigenvalue weighted by molar-refractivity contribution is 6.15. The van der Waals surface area contributed by atoms with E-state index in [1.165, 1.54) is 0 Å². The van der Waals surface area contributed by atoms with Crippen LogP contribution in [0.2, 0.25) is 0 Å². The Morgan fingerprint density at radius 2 is 2.21 bits per heavy atom. The molecule has 3 N–H and O–H groups in total. The molecule has 0 unspecified atom stereocenters. The average Bonchev–Trinajstić information content (AvgIpc) is 3.16. The first kappa shape index (κ1) is 17.6. The van der Waals surface area contributed by atoms with E-state index in [9.17, 15) is 20.0 Å². The first-order chi connectivity index (χ1) is 13.5. The molecular weight excluding hydrogens is 362 g/mol. The number of carbonyl (C=O) groups is 2. The summed E-state index contributed by atoms with van der Waals surface area (Å²) in [6.45, 7) is 1.32. The Balaban J connectivity index is 2.10. The third-order valence-corrected chi connectivity index (χ3v) is 5.07. The van der Waals surface area contributed by atoms with Gasteiger partial charge in [-0.3, -0.25) is 9.89 Å². The molecule has 0 saturated heterocycles. The van der Waals surface area contributed by atoms with E-state index in [2.05, 4.69) is 10.2 Å². The predicted octanol–water partition coefficient (Wildman–Crippen LogP) is -0.169. The third kappa shape index (κ3) is 2.08. The Bertz CT molecular complexity index is 1080. The molecule has 2 aliphatic heterocycles. The molecule has 3 heterocycles. The average molecular weight is 378 g/mol. The Labute approximate surface area is 160 Å².